The zero-order chi connectivity index (χ0) is 9.72. The van der Waals surface area contributed by atoms with Crippen LogP contribution >= 0.6 is 0 Å². The topological polar surface area (TPSA) is 40.5 Å². The van der Waals surface area contributed by atoms with Gasteiger partial charge in [0.2, 0.25) is 0 Å². The third-order valence-electron chi connectivity index (χ3n) is 1.78. The second-order valence-electron chi connectivity index (χ2n) is 2.87. The Morgan fingerprint density at radius 2 is 2.00 bits per heavy atom. The summed E-state index contributed by atoms with van der Waals surface area (Å²) in [5.74, 6) is -0.218. The maximum atomic E-state index is 9.56. The predicted molar refractivity (Wildman–Crippen MR) is 50.7 cm³/mol. The molecule has 12 heavy (non-hydrogen) atoms. The molecule has 0 aliphatic carbocycles. The average Bonchev–Trinajstić information content (AvgIpc) is 2.03. The maximum absolute atomic E-state index is 9.56. The summed E-state index contributed by atoms with van der Waals surface area (Å²) in [6, 6.07) is 0. The van der Waals surface area contributed by atoms with Crippen molar-refractivity contribution < 1.29 is 10.2 Å². The monoisotopic (exact) mass is 168 g/mol. The van der Waals surface area contributed by atoms with E-state index in [-0.39, 0.29) is 12.5 Å². The molecule has 0 aromatic rings. The molecule has 68 valence electrons. The van der Waals surface area contributed by atoms with Crippen molar-refractivity contribution in [2.24, 2.45) is 5.92 Å². The van der Waals surface area contributed by atoms with E-state index in [2.05, 4.69) is 19.7 Å². The fraction of sp³-hybridized carbons (Fsp3) is 0.400. The van der Waals surface area contributed by atoms with Gasteiger partial charge in [-0.3, -0.25) is 0 Å². The predicted octanol–water partition coefficient (Wildman–Crippen LogP) is 1.27. The minimum absolute atomic E-state index is 0.210. The molecule has 0 aliphatic heterocycles. The molecule has 0 bridgehead atoms. The van der Waals surface area contributed by atoms with Crippen LogP contribution in [0.3, 0.4) is 0 Å². The zero-order valence-corrected chi connectivity index (χ0v) is 7.45. The van der Waals surface area contributed by atoms with Crippen molar-refractivity contribution in [2.45, 2.75) is 13.0 Å². The Hall–Kier alpha value is -0.860. The smallest absolute Gasteiger partial charge is 0.0869 e. The van der Waals surface area contributed by atoms with E-state index >= 15 is 0 Å². The highest BCUT2D eigenvalue weighted by atomic mass is 16.3. The number of hydrogen-bond donors (Lipinski definition) is 2. The first-order chi connectivity index (χ1) is 5.54. The van der Waals surface area contributed by atoms with Gasteiger partial charge in [0.25, 0.3) is 0 Å². The molecule has 2 atom stereocenters. The third-order valence-corrected chi connectivity index (χ3v) is 1.78. The van der Waals surface area contributed by atoms with Crippen molar-refractivity contribution in [1.82, 2.24) is 0 Å². The van der Waals surface area contributed by atoms with Gasteiger partial charge < -0.3 is 10.2 Å². The molecule has 2 nitrogen and oxygen atoms in total. The van der Waals surface area contributed by atoms with Gasteiger partial charge in [-0.15, -0.1) is 6.58 Å². The first kappa shape index (κ1) is 11.1. The van der Waals surface area contributed by atoms with Gasteiger partial charge >= 0.3 is 0 Å². The Labute approximate surface area is 73.5 Å². The van der Waals surface area contributed by atoms with Gasteiger partial charge in [0.15, 0.2) is 0 Å². The highest BCUT2D eigenvalue weighted by Gasteiger charge is 2.18. The lowest BCUT2D eigenvalue weighted by atomic mass is 9.91. The van der Waals surface area contributed by atoms with Gasteiger partial charge in [0.1, 0.15) is 0 Å². The van der Waals surface area contributed by atoms with Crippen LogP contribution in [0.25, 0.3) is 0 Å². The minimum atomic E-state index is -0.773. The van der Waals surface area contributed by atoms with Crippen LogP contribution in [-0.2, 0) is 0 Å². The van der Waals surface area contributed by atoms with Gasteiger partial charge in [-0.05, 0) is 12.5 Å². The zero-order valence-electron chi connectivity index (χ0n) is 7.45. The summed E-state index contributed by atoms with van der Waals surface area (Å²) in [6.07, 6.45) is 0.832. The lowest BCUT2D eigenvalue weighted by molar-refractivity contribution is 0.161. The lowest BCUT2D eigenvalue weighted by Gasteiger charge is -2.20. The van der Waals surface area contributed by atoms with Crippen LogP contribution in [0, 0.1) is 5.92 Å². The molecule has 0 saturated heterocycles. The average molecular weight is 168 g/mol. The molecule has 2 heteroatoms. The first-order valence-electron chi connectivity index (χ1n) is 3.79. The van der Waals surface area contributed by atoms with Crippen molar-refractivity contribution in [3.05, 3.63) is 37.0 Å². The van der Waals surface area contributed by atoms with E-state index in [1.165, 1.54) is 0 Å². The molecule has 2 N–H and O–H groups in total. The molecule has 0 aliphatic rings. The second kappa shape index (κ2) is 4.91. The van der Waals surface area contributed by atoms with Gasteiger partial charge in [-0.2, -0.15) is 0 Å². The minimum Gasteiger partial charge on any atom is -0.392 e. The summed E-state index contributed by atoms with van der Waals surface area (Å²) < 4.78 is 0. The molecule has 0 aromatic carbocycles. The van der Waals surface area contributed by atoms with Gasteiger partial charge in [0, 0.05) is 5.92 Å². The van der Waals surface area contributed by atoms with Crippen molar-refractivity contribution in [1.29, 1.82) is 0 Å². The molecule has 0 unspecified atom stereocenters. The Bertz CT molecular complexity index is 194. The Morgan fingerprint density at radius 1 is 1.50 bits per heavy atom. The van der Waals surface area contributed by atoms with Crippen LogP contribution in [0.4, 0.5) is 0 Å². The third kappa shape index (κ3) is 2.64. The van der Waals surface area contributed by atoms with Gasteiger partial charge in [-0.25, -0.2) is 0 Å². The Balaban J connectivity index is 4.41. The first-order valence-corrected chi connectivity index (χ1v) is 3.79. The molecular formula is C10H16O2. The molecule has 0 aromatic heterocycles. The van der Waals surface area contributed by atoms with E-state index in [0.29, 0.717) is 5.57 Å². The fourth-order valence-electron chi connectivity index (χ4n) is 0.947. The van der Waals surface area contributed by atoms with E-state index in [9.17, 15) is 5.11 Å². The van der Waals surface area contributed by atoms with Crippen LogP contribution < -0.4 is 0 Å². The van der Waals surface area contributed by atoms with E-state index in [1.54, 1.807) is 13.0 Å². The molecule has 0 radical (unpaired) electrons. The molecule has 0 heterocycles. The molecule has 0 spiro atoms. The summed E-state index contributed by atoms with van der Waals surface area (Å²) in [5, 5.41) is 18.3. The Kier molecular flexibility index (Phi) is 4.55. The highest BCUT2D eigenvalue weighted by molar-refractivity contribution is 5.16. The normalized spacial score (nSPS) is 14.9. The maximum Gasteiger partial charge on any atom is 0.0869 e. The molecule has 0 rings (SSSR count). The standard InChI is InChI=1S/C10H16O2/c1-5-9(7(2)3)10(12)8(4)6-11/h5,9-12H,1-2,4,6H2,3H3/t9-,10-/m0/s1. The largest absolute Gasteiger partial charge is 0.392 e. The SMILES string of the molecule is C=C[C@@H](C(=C)C)[C@@H](O)C(=C)CO. The van der Waals surface area contributed by atoms with Crippen LogP contribution in [0.1, 0.15) is 6.92 Å². The van der Waals surface area contributed by atoms with Crippen molar-refractivity contribution in [3.8, 4) is 0 Å². The van der Waals surface area contributed by atoms with E-state index < -0.39 is 6.10 Å². The molecule has 0 amide bonds. The van der Waals surface area contributed by atoms with Crippen LogP contribution in [0.5, 0.6) is 0 Å². The van der Waals surface area contributed by atoms with Crippen LogP contribution in [0.2, 0.25) is 0 Å². The van der Waals surface area contributed by atoms with Crippen molar-refractivity contribution >= 4 is 0 Å². The summed E-state index contributed by atoms with van der Waals surface area (Å²) in [4.78, 5) is 0. The molecular weight excluding hydrogens is 152 g/mol. The second-order valence-corrected chi connectivity index (χ2v) is 2.87. The number of rotatable bonds is 5. The highest BCUT2D eigenvalue weighted by Crippen LogP contribution is 2.18. The summed E-state index contributed by atoms with van der Waals surface area (Å²) in [6.45, 7) is 12.4. The van der Waals surface area contributed by atoms with Crippen LogP contribution in [0.15, 0.2) is 37.0 Å². The van der Waals surface area contributed by atoms with E-state index in [4.69, 9.17) is 5.11 Å². The quantitative estimate of drug-likeness (QED) is 0.607. The molecule has 0 saturated carbocycles. The Morgan fingerprint density at radius 3 is 2.25 bits per heavy atom. The number of aliphatic hydroxyl groups excluding tert-OH is 2. The van der Waals surface area contributed by atoms with Crippen molar-refractivity contribution in [3.63, 3.8) is 0 Å². The molecule has 0 fully saturated rings. The van der Waals surface area contributed by atoms with Gasteiger partial charge in [-0.1, -0.05) is 24.8 Å². The summed E-state index contributed by atoms with van der Waals surface area (Å²) >= 11 is 0. The number of aliphatic hydroxyl groups is 2. The van der Waals surface area contributed by atoms with E-state index in [0.717, 1.165) is 5.57 Å². The summed E-state index contributed by atoms with van der Waals surface area (Å²) in [5.41, 5.74) is 1.20. The van der Waals surface area contributed by atoms with Gasteiger partial charge in [0.05, 0.1) is 12.7 Å². The van der Waals surface area contributed by atoms with Crippen molar-refractivity contribution in [2.75, 3.05) is 6.61 Å². The summed E-state index contributed by atoms with van der Waals surface area (Å²) in [7, 11) is 0. The lowest BCUT2D eigenvalue weighted by Crippen LogP contribution is -2.22. The van der Waals surface area contributed by atoms with Crippen LogP contribution in [-0.4, -0.2) is 22.9 Å². The van der Waals surface area contributed by atoms with E-state index in [1.807, 2.05) is 0 Å². The number of hydrogen-bond acceptors (Lipinski definition) is 2. The fourth-order valence-corrected chi connectivity index (χ4v) is 0.947.